The highest BCUT2D eigenvalue weighted by Crippen LogP contribution is 2.26. The molecule has 70 valence electrons. The Morgan fingerprint density at radius 2 is 2.14 bits per heavy atom. The first-order valence-corrected chi connectivity index (χ1v) is 4.59. The molecule has 0 radical (unpaired) electrons. The number of oxazole rings is 1. The van der Waals surface area contributed by atoms with E-state index in [0.29, 0.717) is 5.89 Å². The van der Waals surface area contributed by atoms with Crippen molar-refractivity contribution in [2.45, 2.75) is 13.8 Å². The van der Waals surface area contributed by atoms with Crippen LogP contribution in [0.1, 0.15) is 11.6 Å². The van der Waals surface area contributed by atoms with Crippen molar-refractivity contribution >= 4 is 22.0 Å². The van der Waals surface area contributed by atoms with Gasteiger partial charge in [0, 0.05) is 23.5 Å². The molecule has 0 fully saturated rings. The Morgan fingerprint density at radius 3 is 3.00 bits per heavy atom. The summed E-state index contributed by atoms with van der Waals surface area (Å²) < 4.78 is 5.56. The van der Waals surface area contributed by atoms with Gasteiger partial charge in [-0.05, 0) is 25.1 Å². The Morgan fingerprint density at radius 1 is 1.29 bits per heavy atom. The summed E-state index contributed by atoms with van der Waals surface area (Å²) in [7, 11) is 0. The zero-order valence-electron chi connectivity index (χ0n) is 8.09. The number of aryl methyl sites for hydroxylation is 2. The van der Waals surface area contributed by atoms with Gasteiger partial charge in [-0.3, -0.25) is 0 Å². The molecule has 0 spiro atoms. The molecule has 1 aromatic carbocycles. The van der Waals surface area contributed by atoms with Crippen LogP contribution < -0.4 is 0 Å². The molecule has 3 heteroatoms. The van der Waals surface area contributed by atoms with E-state index in [-0.39, 0.29) is 0 Å². The summed E-state index contributed by atoms with van der Waals surface area (Å²) in [4.78, 5) is 7.56. The van der Waals surface area contributed by atoms with Gasteiger partial charge in [-0.2, -0.15) is 0 Å². The van der Waals surface area contributed by atoms with Gasteiger partial charge in [0.1, 0.15) is 5.52 Å². The van der Waals surface area contributed by atoms with Crippen LogP contribution in [0, 0.1) is 13.8 Å². The minimum atomic E-state index is 0.714. The van der Waals surface area contributed by atoms with Crippen molar-refractivity contribution in [3.63, 3.8) is 0 Å². The monoisotopic (exact) mass is 186 g/mol. The Bertz CT molecular complexity index is 563. The summed E-state index contributed by atoms with van der Waals surface area (Å²) in [5.74, 6) is 0.714. The van der Waals surface area contributed by atoms with Crippen LogP contribution in [-0.4, -0.2) is 9.97 Å². The van der Waals surface area contributed by atoms with Crippen LogP contribution in [0.4, 0.5) is 0 Å². The topological polar surface area (TPSA) is 41.8 Å². The largest absolute Gasteiger partial charge is 0.440 e. The summed E-state index contributed by atoms with van der Waals surface area (Å²) in [6.45, 7) is 3.90. The van der Waals surface area contributed by atoms with Crippen LogP contribution in [-0.2, 0) is 0 Å². The third kappa shape index (κ3) is 0.894. The van der Waals surface area contributed by atoms with E-state index in [0.717, 1.165) is 27.7 Å². The number of fused-ring (bicyclic) bond motifs is 3. The standard InChI is InChI=1S/C11H10N2O/c1-6-5-8-9(12-6)3-4-10-11(8)14-7(2)13-10/h3-5,12H,1-2H3. The lowest BCUT2D eigenvalue weighted by Crippen LogP contribution is -1.70. The zero-order valence-corrected chi connectivity index (χ0v) is 8.09. The Hall–Kier alpha value is -1.77. The zero-order chi connectivity index (χ0) is 9.71. The molecule has 0 aliphatic rings. The van der Waals surface area contributed by atoms with Gasteiger partial charge in [0.05, 0.1) is 0 Å². The maximum atomic E-state index is 5.56. The highest BCUT2D eigenvalue weighted by Gasteiger charge is 2.07. The summed E-state index contributed by atoms with van der Waals surface area (Å²) in [5.41, 5.74) is 4.05. The number of aromatic amines is 1. The number of nitrogens with zero attached hydrogens (tertiary/aromatic N) is 1. The smallest absolute Gasteiger partial charge is 0.192 e. The van der Waals surface area contributed by atoms with Gasteiger partial charge in [-0.15, -0.1) is 0 Å². The molecule has 0 saturated carbocycles. The molecule has 3 nitrogen and oxygen atoms in total. The quantitative estimate of drug-likeness (QED) is 0.586. The van der Waals surface area contributed by atoms with E-state index >= 15 is 0 Å². The van der Waals surface area contributed by atoms with Gasteiger partial charge in [0.2, 0.25) is 0 Å². The Balaban J connectivity index is 2.58. The molecule has 0 aliphatic heterocycles. The SMILES string of the molecule is Cc1cc2c(ccc3nc(C)oc32)[nH]1. The first-order valence-electron chi connectivity index (χ1n) is 4.59. The summed E-state index contributed by atoms with van der Waals surface area (Å²) in [5, 5.41) is 1.11. The van der Waals surface area contributed by atoms with E-state index in [2.05, 4.69) is 16.0 Å². The van der Waals surface area contributed by atoms with Crippen LogP contribution in [0.15, 0.2) is 22.6 Å². The normalized spacial score (nSPS) is 11.6. The molecular formula is C11H10N2O. The molecule has 0 aliphatic carbocycles. The van der Waals surface area contributed by atoms with Gasteiger partial charge in [-0.1, -0.05) is 0 Å². The lowest BCUT2D eigenvalue weighted by Gasteiger charge is -1.88. The van der Waals surface area contributed by atoms with Crippen molar-refractivity contribution < 1.29 is 4.42 Å². The molecule has 0 unspecified atom stereocenters. The average molecular weight is 186 g/mol. The lowest BCUT2D eigenvalue weighted by atomic mass is 10.2. The number of H-pyrrole nitrogens is 1. The predicted molar refractivity (Wildman–Crippen MR) is 55.3 cm³/mol. The third-order valence-corrected chi connectivity index (χ3v) is 2.40. The third-order valence-electron chi connectivity index (χ3n) is 2.40. The number of rotatable bonds is 0. The van der Waals surface area contributed by atoms with Crippen molar-refractivity contribution in [1.82, 2.24) is 9.97 Å². The van der Waals surface area contributed by atoms with Gasteiger partial charge in [-0.25, -0.2) is 4.98 Å². The van der Waals surface area contributed by atoms with E-state index in [9.17, 15) is 0 Å². The number of hydrogen-bond acceptors (Lipinski definition) is 2. The van der Waals surface area contributed by atoms with Crippen LogP contribution in [0.3, 0.4) is 0 Å². The van der Waals surface area contributed by atoms with E-state index in [1.165, 1.54) is 0 Å². The molecule has 0 atom stereocenters. The molecule has 2 heterocycles. The minimum Gasteiger partial charge on any atom is -0.440 e. The minimum absolute atomic E-state index is 0.714. The Labute approximate surface area is 80.7 Å². The van der Waals surface area contributed by atoms with E-state index in [4.69, 9.17) is 4.42 Å². The molecule has 2 aromatic heterocycles. The fourth-order valence-corrected chi connectivity index (χ4v) is 1.84. The molecule has 14 heavy (non-hydrogen) atoms. The summed E-state index contributed by atoms with van der Waals surface area (Å²) in [6.07, 6.45) is 0. The van der Waals surface area contributed by atoms with Crippen molar-refractivity contribution in [1.29, 1.82) is 0 Å². The molecular weight excluding hydrogens is 176 g/mol. The van der Waals surface area contributed by atoms with E-state index in [1.54, 1.807) is 0 Å². The number of hydrogen-bond donors (Lipinski definition) is 1. The van der Waals surface area contributed by atoms with Crippen LogP contribution >= 0.6 is 0 Å². The Kier molecular flexibility index (Phi) is 1.29. The highest BCUT2D eigenvalue weighted by atomic mass is 16.3. The molecule has 3 rings (SSSR count). The maximum absolute atomic E-state index is 5.56. The van der Waals surface area contributed by atoms with E-state index in [1.807, 2.05) is 26.0 Å². The molecule has 0 amide bonds. The molecule has 0 bridgehead atoms. The first kappa shape index (κ1) is 7.62. The van der Waals surface area contributed by atoms with Gasteiger partial charge < -0.3 is 9.40 Å². The second-order valence-electron chi connectivity index (χ2n) is 3.56. The summed E-state index contributed by atoms with van der Waals surface area (Å²) in [6, 6.07) is 6.10. The predicted octanol–water partition coefficient (Wildman–Crippen LogP) is 2.93. The van der Waals surface area contributed by atoms with Crippen molar-refractivity contribution in [2.75, 3.05) is 0 Å². The first-order chi connectivity index (χ1) is 6.74. The van der Waals surface area contributed by atoms with Crippen LogP contribution in [0.25, 0.3) is 22.0 Å². The van der Waals surface area contributed by atoms with Crippen LogP contribution in [0.2, 0.25) is 0 Å². The van der Waals surface area contributed by atoms with Crippen molar-refractivity contribution in [2.24, 2.45) is 0 Å². The van der Waals surface area contributed by atoms with E-state index < -0.39 is 0 Å². The number of nitrogens with one attached hydrogen (secondary N) is 1. The fraction of sp³-hybridized carbons (Fsp3) is 0.182. The van der Waals surface area contributed by atoms with Crippen molar-refractivity contribution in [3.8, 4) is 0 Å². The van der Waals surface area contributed by atoms with Gasteiger partial charge in [0.25, 0.3) is 0 Å². The summed E-state index contributed by atoms with van der Waals surface area (Å²) >= 11 is 0. The molecule has 3 aromatic rings. The fourth-order valence-electron chi connectivity index (χ4n) is 1.84. The molecule has 0 saturated heterocycles. The lowest BCUT2D eigenvalue weighted by molar-refractivity contribution is 0.563. The highest BCUT2D eigenvalue weighted by molar-refractivity contribution is 6.01. The second kappa shape index (κ2) is 2.38. The molecule has 1 N–H and O–H groups in total. The van der Waals surface area contributed by atoms with Crippen LogP contribution in [0.5, 0.6) is 0 Å². The maximum Gasteiger partial charge on any atom is 0.192 e. The van der Waals surface area contributed by atoms with Crippen molar-refractivity contribution in [3.05, 3.63) is 29.8 Å². The number of aromatic nitrogens is 2. The average Bonchev–Trinajstić information content (AvgIpc) is 2.65. The number of benzene rings is 1. The van der Waals surface area contributed by atoms with Gasteiger partial charge in [0.15, 0.2) is 11.5 Å². The second-order valence-corrected chi connectivity index (χ2v) is 3.56. The van der Waals surface area contributed by atoms with Gasteiger partial charge >= 0.3 is 0 Å².